The number of aromatic nitrogens is 1. The molecule has 0 bridgehead atoms. The van der Waals surface area contributed by atoms with Gasteiger partial charge in [-0.05, 0) is 147 Å². The Balaban J connectivity index is 1.04. The zero-order valence-corrected chi connectivity index (χ0v) is 34.2. The maximum atomic E-state index is 13.1. The number of fused-ring (bicyclic) bond motifs is 4. The van der Waals surface area contributed by atoms with E-state index in [1.807, 2.05) is 42.6 Å². The van der Waals surface area contributed by atoms with Crippen molar-refractivity contribution in [2.45, 2.75) is 101 Å². The summed E-state index contributed by atoms with van der Waals surface area (Å²) in [7, 11) is 2.08. The maximum Gasteiger partial charge on any atom is 0.329 e. The summed E-state index contributed by atoms with van der Waals surface area (Å²) in [6.07, 6.45) is 9.39. The molecule has 4 aromatic rings. The van der Waals surface area contributed by atoms with Crippen LogP contribution in [-0.2, 0) is 29.6 Å². The first-order valence-electron chi connectivity index (χ1n) is 20.3. The van der Waals surface area contributed by atoms with E-state index < -0.39 is 11.5 Å². The number of anilines is 1. The fourth-order valence-corrected chi connectivity index (χ4v) is 10.5. The van der Waals surface area contributed by atoms with Gasteiger partial charge in [-0.1, -0.05) is 61.3 Å². The van der Waals surface area contributed by atoms with Gasteiger partial charge >= 0.3 is 5.97 Å². The van der Waals surface area contributed by atoms with Crippen molar-refractivity contribution in [3.05, 3.63) is 111 Å². The molecule has 8 rings (SSSR count). The predicted octanol–water partition coefficient (Wildman–Crippen LogP) is 10.1. The Hall–Kier alpha value is -3.98. The van der Waals surface area contributed by atoms with Crippen molar-refractivity contribution in [3.63, 3.8) is 0 Å². The second-order valence-corrected chi connectivity index (χ2v) is 17.8. The van der Waals surface area contributed by atoms with Gasteiger partial charge in [0.15, 0.2) is 11.5 Å². The molecule has 10 heteroatoms. The van der Waals surface area contributed by atoms with Crippen molar-refractivity contribution >= 4 is 34.9 Å². The highest BCUT2D eigenvalue weighted by Crippen LogP contribution is 2.58. The molecule has 1 aromatic heterocycles. The van der Waals surface area contributed by atoms with Crippen molar-refractivity contribution in [2.75, 3.05) is 32.1 Å². The Labute approximate surface area is 340 Å². The van der Waals surface area contributed by atoms with E-state index in [9.17, 15) is 9.90 Å². The molecule has 56 heavy (non-hydrogen) atoms. The third-order valence-electron chi connectivity index (χ3n) is 13.0. The largest absolute Gasteiger partial charge is 0.493 e. The Morgan fingerprint density at radius 1 is 1.07 bits per heavy atom. The number of aliphatic carboxylic acids is 1. The molecule has 0 amide bonds. The monoisotopic (exact) mass is 797 g/mol. The fourth-order valence-electron chi connectivity index (χ4n) is 10.1. The standard InChI is InChI=1S/C46H53Cl2N3O5/c1-29(27-54-40-14-19-49-39-13-6-8-30(2)43(39)40)20-33-21-32-22-41-42(56-36(28-55-41)26-51(3)25-31-9-4-5-12-38(31)48)24-37(32)45(33)15-17-46(18-16-45,44(52)53)50-35-11-7-10-34(47)23-35/h4-5,7,9-12,14,19,22-24,29-30,33,36,50H,6,8,13,15-18,20-21,25-28H2,1-3H3,(H,52,53)/t29-,30-,33?,36?,45?,46?/m1/s1. The van der Waals surface area contributed by atoms with Crippen LogP contribution < -0.4 is 19.5 Å². The van der Waals surface area contributed by atoms with Crippen molar-refractivity contribution < 1.29 is 24.1 Å². The molecule has 8 nitrogen and oxygen atoms in total. The minimum absolute atomic E-state index is 0.145. The zero-order valence-electron chi connectivity index (χ0n) is 32.7. The summed E-state index contributed by atoms with van der Waals surface area (Å²) in [5.41, 5.74) is 5.51. The van der Waals surface area contributed by atoms with E-state index >= 15 is 0 Å². The van der Waals surface area contributed by atoms with E-state index in [0.29, 0.717) is 56.0 Å². The van der Waals surface area contributed by atoms with Gasteiger partial charge in [-0.2, -0.15) is 0 Å². The summed E-state index contributed by atoms with van der Waals surface area (Å²) in [6.45, 7) is 7.05. The molecule has 1 aliphatic heterocycles. The second kappa shape index (κ2) is 16.1. The van der Waals surface area contributed by atoms with Gasteiger partial charge < -0.3 is 24.6 Å². The van der Waals surface area contributed by atoms with Crippen LogP contribution in [0.2, 0.25) is 10.0 Å². The first kappa shape index (κ1) is 38.9. The van der Waals surface area contributed by atoms with Gasteiger partial charge in [-0.3, -0.25) is 9.88 Å². The van der Waals surface area contributed by atoms with Crippen LogP contribution in [0.3, 0.4) is 0 Å². The molecular weight excluding hydrogens is 745 g/mol. The van der Waals surface area contributed by atoms with Crippen molar-refractivity contribution in [3.8, 4) is 17.2 Å². The first-order chi connectivity index (χ1) is 27.0. The van der Waals surface area contributed by atoms with Crippen LogP contribution in [-0.4, -0.2) is 59.4 Å². The van der Waals surface area contributed by atoms with Gasteiger partial charge in [0, 0.05) is 46.3 Å². The van der Waals surface area contributed by atoms with E-state index in [4.69, 9.17) is 37.4 Å². The second-order valence-electron chi connectivity index (χ2n) is 17.0. The van der Waals surface area contributed by atoms with Gasteiger partial charge in [0.25, 0.3) is 0 Å². The van der Waals surface area contributed by atoms with Crippen molar-refractivity contribution in [2.24, 2.45) is 11.8 Å². The average Bonchev–Trinajstić information content (AvgIpc) is 3.45. The zero-order chi connectivity index (χ0) is 39.0. The summed E-state index contributed by atoms with van der Waals surface area (Å²) in [5.74, 6) is 2.74. The number of carboxylic acid groups (broad SMARTS) is 1. The molecular formula is C46H53Cl2N3O5. The summed E-state index contributed by atoms with van der Waals surface area (Å²) in [4.78, 5) is 20.0. The number of pyridine rings is 1. The predicted molar refractivity (Wildman–Crippen MR) is 222 cm³/mol. The lowest BCUT2D eigenvalue weighted by molar-refractivity contribution is -0.144. The lowest BCUT2D eigenvalue weighted by atomic mass is 9.59. The Kier molecular flexibility index (Phi) is 11.2. The van der Waals surface area contributed by atoms with E-state index in [1.165, 1.54) is 28.8 Å². The van der Waals surface area contributed by atoms with Crippen LogP contribution in [0, 0.1) is 11.8 Å². The molecule has 296 valence electrons. The van der Waals surface area contributed by atoms with Crippen LogP contribution in [0.25, 0.3) is 0 Å². The van der Waals surface area contributed by atoms with Crippen LogP contribution in [0.1, 0.15) is 92.7 Å². The van der Waals surface area contributed by atoms with Crippen molar-refractivity contribution in [1.82, 2.24) is 9.88 Å². The molecule has 4 aliphatic rings. The average molecular weight is 799 g/mol. The lowest BCUT2D eigenvalue weighted by Crippen LogP contribution is -2.53. The van der Waals surface area contributed by atoms with E-state index in [0.717, 1.165) is 72.0 Å². The number of benzene rings is 3. The maximum absolute atomic E-state index is 13.1. The number of ether oxygens (including phenoxy) is 3. The normalized spacial score (nSPS) is 25.7. The highest BCUT2D eigenvalue weighted by Gasteiger charge is 2.54. The van der Waals surface area contributed by atoms with Crippen LogP contribution >= 0.6 is 23.2 Å². The molecule has 3 aliphatic carbocycles. The third kappa shape index (κ3) is 7.81. The number of rotatable bonds is 12. The third-order valence-corrected chi connectivity index (χ3v) is 13.6. The minimum Gasteiger partial charge on any atom is -0.493 e. The number of halogens is 2. The number of hydrogen-bond acceptors (Lipinski definition) is 7. The van der Waals surface area contributed by atoms with Gasteiger partial charge in [-0.25, -0.2) is 4.79 Å². The highest BCUT2D eigenvalue weighted by atomic mass is 35.5. The van der Waals surface area contributed by atoms with Crippen LogP contribution in [0.4, 0.5) is 5.69 Å². The van der Waals surface area contributed by atoms with Gasteiger partial charge in [-0.15, -0.1) is 0 Å². The number of nitrogens with zero attached hydrogens (tertiary/aromatic N) is 2. The van der Waals surface area contributed by atoms with E-state index in [2.05, 4.69) is 54.3 Å². The lowest BCUT2D eigenvalue weighted by Gasteiger charge is -2.47. The van der Waals surface area contributed by atoms with Gasteiger partial charge in [0.1, 0.15) is 24.0 Å². The van der Waals surface area contributed by atoms with E-state index in [-0.39, 0.29) is 17.4 Å². The number of hydrogen-bond donors (Lipinski definition) is 2. The summed E-state index contributed by atoms with van der Waals surface area (Å²) in [6, 6.07) is 21.8. The molecule has 1 saturated carbocycles. The molecule has 1 fully saturated rings. The molecule has 0 saturated heterocycles. The first-order valence-corrected chi connectivity index (χ1v) is 21.0. The SMILES string of the molecule is C[C@@H](COc1ccnc2c1[C@H](C)CCC2)CC1Cc2cc3c(cc2C12CCC(Nc1cccc(Cl)c1)(C(=O)O)CC2)OC(CN(C)Cc1ccccc1Cl)CO3. The quantitative estimate of drug-likeness (QED) is 0.146. The Morgan fingerprint density at radius 3 is 2.68 bits per heavy atom. The molecule has 4 atom stereocenters. The fraction of sp³-hybridized carbons (Fsp3) is 0.478. The number of aryl methyl sites for hydroxylation is 1. The number of nitrogens with one attached hydrogen (secondary N) is 1. The molecule has 2 unspecified atom stereocenters. The number of carbonyl (C=O) groups is 1. The summed E-state index contributed by atoms with van der Waals surface area (Å²) < 4.78 is 19.7. The van der Waals surface area contributed by atoms with Gasteiger partial charge in [0.05, 0.1) is 6.61 Å². The highest BCUT2D eigenvalue weighted by molar-refractivity contribution is 6.31. The molecule has 1 spiro atoms. The van der Waals surface area contributed by atoms with Gasteiger partial charge in [0.2, 0.25) is 0 Å². The molecule has 2 heterocycles. The van der Waals surface area contributed by atoms with Crippen LogP contribution in [0.15, 0.2) is 72.9 Å². The topological polar surface area (TPSA) is 93.2 Å². The van der Waals surface area contributed by atoms with Crippen molar-refractivity contribution in [1.29, 1.82) is 0 Å². The van der Waals surface area contributed by atoms with E-state index in [1.54, 1.807) is 12.1 Å². The molecule has 0 radical (unpaired) electrons. The summed E-state index contributed by atoms with van der Waals surface area (Å²) in [5, 5.41) is 15.5. The number of likely N-dealkylation sites (N-methyl/N-ethyl adjacent to an activating group) is 1. The Morgan fingerprint density at radius 2 is 1.89 bits per heavy atom. The minimum atomic E-state index is -1.10. The smallest absolute Gasteiger partial charge is 0.329 e. The Bertz CT molecular complexity index is 2070. The summed E-state index contributed by atoms with van der Waals surface area (Å²) >= 11 is 12.8. The number of carboxylic acids is 1. The van der Waals surface area contributed by atoms with Crippen LogP contribution in [0.5, 0.6) is 17.2 Å². The molecule has 3 aromatic carbocycles. The molecule has 2 N–H and O–H groups in total.